The Balaban J connectivity index is 4.23. The SMILES string of the molecule is CCCCCCCCCC/C=C/CCCCCC(=O)O[C@@H](COC(=O)CCC/C=C/CC/C=C/CCCCCCCCCCCCCCCC)COP(=O)(O)OC[C@H](O)CO. The number of ether oxygens (including phenoxy) is 2. The van der Waals surface area contributed by atoms with E-state index in [9.17, 15) is 24.2 Å². The number of phosphoric acid groups is 1. The third kappa shape index (κ3) is 46.0. The number of carbonyl (C=O) groups is 2. The van der Waals surface area contributed by atoms with Crippen LogP contribution in [0.2, 0.25) is 0 Å². The molecule has 0 amide bonds. The summed E-state index contributed by atoms with van der Waals surface area (Å²) in [6.07, 6.45) is 49.9. The van der Waals surface area contributed by atoms with Gasteiger partial charge in [-0.2, -0.15) is 0 Å². The Labute approximate surface area is 373 Å². The fourth-order valence-electron chi connectivity index (χ4n) is 6.89. The van der Waals surface area contributed by atoms with Crippen LogP contribution in [-0.4, -0.2) is 65.7 Å². The molecule has 0 fully saturated rings. The molecule has 11 heteroatoms. The quantitative estimate of drug-likeness (QED) is 0.0233. The van der Waals surface area contributed by atoms with Gasteiger partial charge in [-0.25, -0.2) is 4.57 Å². The molecule has 0 saturated carbocycles. The summed E-state index contributed by atoms with van der Waals surface area (Å²) in [5.41, 5.74) is 0. The third-order valence-electron chi connectivity index (χ3n) is 10.7. The van der Waals surface area contributed by atoms with Gasteiger partial charge < -0.3 is 24.6 Å². The van der Waals surface area contributed by atoms with Gasteiger partial charge in [0.05, 0.1) is 19.8 Å². The first kappa shape index (κ1) is 59.2. The highest BCUT2D eigenvalue weighted by molar-refractivity contribution is 7.47. The van der Waals surface area contributed by atoms with E-state index in [4.69, 9.17) is 23.6 Å². The van der Waals surface area contributed by atoms with Gasteiger partial charge in [0.2, 0.25) is 0 Å². The van der Waals surface area contributed by atoms with Crippen molar-refractivity contribution in [3.8, 4) is 0 Å². The van der Waals surface area contributed by atoms with Crippen molar-refractivity contribution in [2.45, 2.75) is 244 Å². The summed E-state index contributed by atoms with van der Waals surface area (Å²) >= 11 is 0. The molecule has 0 heterocycles. The number of allylic oxidation sites excluding steroid dienone is 6. The van der Waals surface area contributed by atoms with E-state index in [1.807, 2.05) is 0 Å². The van der Waals surface area contributed by atoms with Gasteiger partial charge in [-0.1, -0.05) is 185 Å². The molecule has 3 atom stereocenters. The van der Waals surface area contributed by atoms with Gasteiger partial charge in [0.25, 0.3) is 0 Å². The summed E-state index contributed by atoms with van der Waals surface area (Å²) in [5.74, 6) is -0.986. The molecule has 10 nitrogen and oxygen atoms in total. The molecule has 3 N–H and O–H groups in total. The highest BCUT2D eigenvalue weighted by atomic mass is 31.2. The number of aliphatic hydroxyl groups is 2. The number of esters is 2. The van der Waals surface area contributed by atoms with Crippen molar-refractivity contribution in [2.75, 3.05) is 26.4 Å². The van der Waals surface area contributed by atoms with Crippen LogP contribution in [0.5, 0.6) is 0 Å². The number of hydrogen-bond donors (Lipinski definition) is 3. The highest BCUT2D eigenvalue weighted by Gasteiger charge is 2.27. The maximum Gasteiger partial charge on any atom is 0.472 e. The summed E-state index contributed by atoms with van der Waals surface area (Å²) in [6.45, 7) is 2.35. The molecule has 0 saturated heterocycles. The molecule has 1 unspecified atom stereocenters. The van der Waals surface area contributed by atoms with Crippen LogP contribution in [0.4, 0.5) is 0 Å². The first-order valence-electron chi connectivity index (χ1n) is 24.9. The average molecular weight is 885 g/mol. The normalized spacial score (nSPS) is 14.0. The molecule has 0 aliphatic carbocycles. The second-order valence-electron chi connectivity index (χ2n) is 16.8. The second-order valence-corrected chi connectivity index (χ2v) is 18.3. The van der Waals surface area contributed by atoms with E-state index in [2.05, 4.69) is 50.3 Å². The van der Waals surface area contributed by atoms with Crippen LogP contribution < -0.4 is 0 Å². The van der Waals surface area contributed by atoms with Crippen molar-refractivity contribution in [3.05, 3.63) is 36.5 Å². The Bertz CT molecular complexity index is 1110. The molecule has 61 heavy (non-hydrogen) atoms. The Morgan fingerprint density at radius 2 is 0.836 bits per heavy atom. The monoisotopic (exact) mass is 885 g/mol. The van der Waals surface area contributed by atoms with Gasteiger partial charge in [-0.05, 0) is 70.6 Å². The van der Waals surface area contributed by atoms with E-state index in [1.165, 1.54) is 141 Å². The van der Waals surface area contributed by atoms with Crippen LogP contribution in [0.15, 0.2) is 36.5 Å². The number of carbonyl (C=O) groups excluding carboxylic acids is 2. The summed E-state index contributed by atoms with van der Waals surface area (Å²) in [7, 11) is -4.63. The van der Waals surface area contributed by atoms with Crippen molar-refractivity contribution < 1.29 is 47.8 Å². The Morgan fingerprint density at radius 3 is 1.28 bits per heavy atom. The molecular formula is C50H93O10P. The Hall–Kier alpha value is -1.81. The number of hydrogen-bond acceptors (Lipinski definition) is 9. The molecule has 358 valence electrons. The standard InChI is InChI=1S/C50H93O10P/c1-3-5-7-9-11-13-15-17-19-20-21-22-23-24-25-26-28-29-31-33-35-37-39-41-49(53)57-45-48(46-59-61(55,56)58-44-47(52)43-51)60-50(54)42-40-38-36-34-32-30-27-18-16-14-12-10-8-6-4-2/h26,28,30,32-33,35,47-48,51-52H,3-25,27,29,31,34,36-46H2,1-2H3,(H,55,56)/b28-26+,32-30+,35-33+/t47-,48+/m1/s1. The largest absolute Gasteiger partial charge is 0.472 e. The van der Waals surface area contributed by atoms with E-state index in [-0.39, 0.29) is 19.4 Å². The minimum atomic E-state index is -4.63. The first-order chi connectivity index (χ1) is 29.7. The first-order valence-corrected chi connectivity index (χ1v) is 26.4. The van der Waals surface area contributed by atoms with Gasteiger partial charge in [0, 0.05) is 12.8 Å². The molecule has 0 aliphatic rings. The van der Waals surface area contributed by atoms with E-state index >= 15 is 0 Å². The van der Waals surface area contributed by atoms with Crippen LogP contribution in [0, 0.1) is 0 Å². The predicted octanol–water partition coefficient (Wildman–Crippen LogP) is 13.9. The van der Waals surface area contributed by atoms with Gasteiger partial charge in [-0.15, -0.1) is 0 Å². The van der Waals surface area contributed by atoms with E-state index in [0.717, 1.165) is 51.4 Å². The molecule has 0 spiro atoms. The Kier molecular flexibility index (Phi) is 44.8. The van der Waals surface area contributed by atoms with E-state index in [1.54, 1.807) is 0 Å². The van der Waals surface area contributed by atoms with Crippen LogP contribution in [0.1, 0.15) is 232 Å². The van der Waals surface area contributed by atoms with E-state index < -0.39 is 51.8 Å². The summed E-state index contributed by atoms with van der Waals surface area (Å²) in [6, 6.07) is 0. The molecule has 0 aromatic heterocycles. The Morgan fingerprint density at radius 1 is 0.475 bits per heavy atom. The number of aliphatic hydroxyl groups excluding tert-OH is 2. The third-order valence-corrected chi connectivity index (χ3v) is 11.7. The van der Waals surface area contributed by atoms with Gasteiger partial charge in [-0.3, -0.25) is 18.6 Å². The van der Waals surface area contributed by atoms with Crippen LogP contribution in [0.25, 0.3) is 0 Å². The van der Waals surface area contributed by atoms with Gasteiger partial charge >= 0.3 is 19.8 Å². The van der Waals surface area contributed by atoms with Crippen molar-refractivity contribution in [2.24, 2.45) is 0 Å². The fourth-order valence-corrected chi connectivity index (χ4v) is 7.68. The van der Waals surface area contributed by atoms with Crippen LogP contribution >= 0.6 is 7.82 Å². The zero-order valence-electron chi connectivity index (χ0n) is 39.1. The lowest BCUT2D eigenvalue weighted by Crippen LogP contribution is -2.29. The molecule has 0 aromatic rings. The highest BCUT2D eigenvalue weighted by Crippen LogP contribution is 2.43. The lowest BCUT2D eigenvalue weighted by atomic mass is 10.0. The summed E-state index contributed by atoms with van der Waals surface area (Å²) in [4.78, 5) is 35.1. The number of phosphoric ester groups is 1. The summed E-state index contributed by atoms with van der Waals surface area (Å²) in [5, 5.41) is 18.4. The molecule has 0 aliphatic heterocycles. The average Bonchev–Trinajstić information content (AvgIpc) is 3.25. The molecule has 0 aromatic carbocycles. The smallest absolute Gasteiger partial charge is 0.462 e. The van der Waals surface area contributed by atoms with Crippen molar-refractivity contribution in [1.82, 2.24) is 0 Å². The predicted molar refractivity (Wildman–Crippen MR) is 251 cm³/mol. The molecular weight excluding hydrogens is 792 g/mol. The molecule has 0 rings (SSSR count). The van der Waals surface area contributed by atoms with Crippen molar-refractivity contribution in [1.29, 1.82) is 0 Å². The van der Waals surface area contributed by atoms with Gasteiger partial charge in [0.15, 0.2) is 6.10 Å². The zero-order chi connectivity index (χ0) is 44.8. The minimum Gasteiger partial charge on any atom is -0.462 e. The second kappa shape index (κ2) is 46.2. The lowest BCUT2D eigenvalue weighted by molar-refractivity contribution is -0.161. The number of unbranched alkanes of at least 4 members (excludes halogenated alkanes) is 27. The maximum atomic E-state index is 12.6. The van der Waals surface area contributed by atoms with E-state index in [0.29, 0.717) is 12.8 Å². The lowest BCUT2D eigenvalue weighted by Gasteiger charge is -2.20. The zero-order valence-corrected chi connectivity index (χ0v) is 40.0. The topological polar surface area (TPSA) is 149 Å². The van der Waals surface area contributed by atoms with Crippen molar-refractivity contribution in [3.63, 3.8) is 0 Å². The number of rotatable bonds is 47. The minimum absolute atomic E-state index is 0.157. The van der Waals surface area contributed by atoms with Crippen molar-refractivity contribution >= 4 is 19.8 Å². The van der Waals surface area contributed by atoms with Gasteiger partial charge in [0.1, 0.15) is 12.7 Å². The molecule has 0 radical (unpaired) electrons. The van der Waals surface area contributed by atoms with Crippen LogP contribution in [-0.2, 0) is 32.7 Å². The molecule has 0 bridgehead atoms. The van der Waals surface area contributed by atoms with Crippen LogP contribution in [0.3, 0.4) is 0 Å². The fraction of sp³-hybridized carbons (Fsp3) is 0.840. The summed E-state index contributed by atoms with van der Waals surface area (Å²) < 4.78 is 32.7. The maximum absolute atomic E-state index is 12.6.